The molecule has 3 rings (SSSR count). The number of carbonyl (C=O) groups excluding carboxylic acids is 2. The quantitative estimate of drug-likeness (QED) is 0.891. The van der Waals surface area contributed by atoms with Crippen molar-refractivity contribution in [2.24, 2.45) is 0 Å². The molecule has 0 radical (unpaired) electrons. The van der Waals surface area contributed by atoms with Crippen molar-refractivity contribution in [3.8, 4) is 0 Å². The average Bonchev–Trinajstić information content (AvgIpc) is 2.71. The molecule has 1 aliphatic heterocycles. The molecule has 2 aromatic rings. The van der Waals surface area contributed by atoms with Crippen LogP contribution in [0.1, 0.15) is 35.3 Å². The lowest BCUT2D eigenvalue weighted by molar-refractivity contribution is -0.122. The number of carbonyl (C=O) groups is 2. The monoisotopic (exact) mass is 315 g/mol. The maximum absolute atomic E-state index is 13.4. The number of amides is 2. The van der Waals surface area contributed by atoms with Crippen LogP contribution in [0, 0.1) is 12.7 Å². The summed E-state index contributed by atoms with van der Waals surface area (Å²) in [7, 11) is 0. The number of aryl methyl sites for hydroxylation is 1. The number of pyridine rings is 1. The van der Waals surface area contributed by atoms with E-state index in [0.717, 1.165) is 12.8 Å². The van der Waals surface area contributed by atoms with Crippen LogP contribution in [0.3, 0.4) is 0 Å². The van der Waals surface area contributed by atoms with Gasteiger partial charge in [0.05, 0.1) is 11.1 Å². The van der Waals surface area contributed by atoms with Crippen molar-refractivity contribution < 1.29 is 14.0 Å². The highest BCUT2D eigenvalue weighted by atomic mass is 19.1. The third-order valence-electron chi connectivity index (χ3n) is 3.99. The van der Waals surface area contributed by atoms with Crippen molar-refractivity contribution in [1.29, 1.82) is 0 Å². The van der Waals surface area contributed by atoms with Gasteiger partial charge in [0.1, 0.15) is 11.9 Å². The van der Waals surface area contributed by atoms with E-state index in [4.69, 9.17) is 0 Å². The number of nitrogens with zero attached hydrogens (tertiary/aromatic N) is 1. The van der Waals surface area contributed by atoms with Crippen LogP contribution in [0.2, 0.25) is 0 Å². The minimum atomic E-state index is -0.533. The molecule has 1 fully saturated rings. The number of rotatable bonds is 2. The van der Waals surface area contributed by atoms with E-state index >= 15 is 0 Å². The Morgan fingerprint density at radius 3 is 3.00 bits per heavy atom. The number of halogens is 1. The van der Waals surface area contributed by atoms with Crippen LogP contribution in [0.5, 0.6) is 0 Å². The van der Waals surface area contributed by atoms with Gasteiger partial charge in [-0.2, -0.15) is 0 Å². The molecule has 2 amide bonds. The molecule has 0 unspecified atom stereocenters. The number of nitrogens with one attached hydrogen (secondary N) is 2. The SMILES string of the molecule is Cc1cc(C(=O)N[C@H]2CCCCNC2=O)c2ccc(F)cc2n1. The third-order valence-corrected chi connectivity index (χ3v) is 3.99. The first-order valence-corrected chi connectivity index (χ1v) is 7.70. The first-order valence-electron chi connectivity index (χ1n) is 7.70. The van der Waals surface area contributed by atoms with E-state index in [1.54, 1.807) is 19.1 Å². The topological polar surface area (TPSA) is 71.1 Å². The molecule has 0 spiro atoms. The van der Waals surface area contributed by atoms with Crippen LogP contribution in [0.25, 0.3) is 10.9 Å². The molecular weight excluding hydrogens is 297 g/mol. The van der Waals surface area contributed by atoms with E-state index in [0.29, 0.717) is 35.1 Å². The summed E-state index contributed by atoms with van der Waals surface area (Å²) < 4.78 is 13.4. The summed E-state index contributed by atoms with van der Waals surface area (Å²) in [6, 6.07) is 5.27. The number of aromatic nitrogens is 1. The van der Waals surface area contributed by atoms with Crippen molar-refractivity contribution in [2.75, 3.05) is 6.54 Å². The summed E-state index contributed by atoms with van der Waals surface area (Å²) in [5.41, 5.74) is 1.46. The highest BCUT2D eigenvalue weighted by Crippen LogP contribution is 2.20. The van der Waals surface area contributed by atoms with Gasteiger partial charge in [-0.3, -0.25) is 14.6 Å². The zero-order valence-electron chi connectivity index (χ0n) is 12.9. The van der Waals surface area contributed by atoms with E-state index in [1.165, 1.54) is 12.1 Å². The molecule has 6 heteroatoms. The zero-order chi connectivity index (χ0) is 16.4. The molecule has 1 saturated heterocycles. The molecule has 1 aromatic heterocycles. The van der Waals surface area contributed by atoms with Crippen molar-refractivity contribution in [3.05, 3.63) is 41.3 Å². The van der Waals surface area contributed by atoms with Crippen molar-refractivity contribution in [2.45, 2.75) is 32.2 Å². The molecule has 120 valence electrons. The summed E-state index contributed by atoms with van der Waals surface area (Å²) in [4.78, 5) is 28.8. The summed E-state index contributed by atoms with van der Waals surface area (Å²) in [5, 5.41) is 6.15. The van der Waals surface area contributed by atoms with Gasteiger partial charge in [0.25, 0.3) is 5.91 Å². The average molecular weight is 315 g/mol. The van der Waals surface area contributed by atoms with E-state index < -0.39 is 11.9 Å². The van der Waals surface area contributed by atoms with Gasteiger partial charge in [0.15, 0.2) is 0 Å². The number of hydrogen-bond acceptors (Lipinski definition) is 3. The predicted molar refractivity (Wildman–Crippen MR) is 84.6 cm³/mol. The summed E-state index contributed by atoms with van der Waals surface area (Å²) in [6.45, 7) is 2.39. The lowest BCUT2D eigenvalue weighted by atomic mass is 10.1. The lowest BCUT2D eigenvalue weighted by Gasteiger charge is -2.16. The summed E-state index contributed by atoms with van der Waals surface area (Å²) in [5.74, 6) is -0.892. The molecule has 1 aliphatic rings. The molecule has 0 aliphatic carbocycles. The van der Waals surface area contributed by atoms with Gasteiger partial charge in [-0.15, -0.1) is 0 Å². The lowest BCUT2D eigenvalue weighted by Crippen LogP contribution is -2.45. The van der Waals surface area contributed by atoms with Crippen LogP contribution in [0.15, 0.2) is 24.3 Å². The Hall–Kier alpha value is -2.50. The van der Waals surface area contributed by atoms with E-state index in [-0.39, 0.29) is 11.8 Å². The molecule has 2 heterocycles. The molecule has 23 heavy (non-hydrogen) atoms. The van der Waals surface area contributed by atoms with Crippen molar-refractivity contribution in [3.63, 3.8) is 0 Å². The fourth-order valence-electron chi connectivity index (χ4n) is 2.83. The van der Waals surface area contributed by atoms with Crippen LogP contribution in [-0.2, 0) is 4.79 Å². The van der Waals surface area contributed by atoms with E-state index in [2.05, 4.69) is 15.6 Å². The molecule has 5 nitrogen and oxygen atoms in total. The van der Waals surface area contributed by atoms with Crippen molar-refractivity contribution in [1.82, 2.24) is 15.6 Å². The number of hydrogen-bond donors (Lipinski definition) is 2. The van der Waals surface area contributed by atoms with Gasteiger partial charge >= 0.3 is 0 Å². The minimum absolute atomic E-state index is 0.156. The Bertz CT molecular complexity index is 771. The second kappa shape index (κ2) is 6.32. The Labute approximate surface area is 133 Å². The van der Waals surface area contributed by atoms with Gasteiger partial charge in [-0.1, -0.05) is 0 Å². The predicted octanol–water partition coefficient (Wildman–Crippen LogP) is 2.08. The summed E-state index contributed by atoms with van der Waals surface area (Å²) >= 11 is 0. The Morgan fingerprint density at radius 2 is 2.17 bits per heavy atom. The zero-order valence-corrected chi connectivity index (χ0v) is 12.9. The maximum atomic E-state index is 13.4. The standard InChI is InChI=1S/C17H18FN3O2/c1-10-8-13(12-6-5-11(18)9-15(12)20-10)16(22)21-14-4-2-3-7-19-17(14)23/h5-6,8-9,14H,2-4,7H2,1H3,(H,19,23)(H,21,22)/t14-/m0/s1. The summed E-state index contributed by atoms with van der Waals surface area (Å²) in [6.07, 6.45) is 2.41. The Balaban J connectivity index is 1.92. The molecule has 0 saturated carbocycles. The van der Waals surface area contributed by atoms with E-state index in [1.807, 2.05) is 0 Å². The van der Waals surface area contributed by atoms with Gasteiger partial charge in [-0.25, -0.2) is 4.39 Å². The second-order valence-corrected chi connectivity index (χ2v) is 5.79. The molecular formula is C17H18FN3O2. The molecule has 1 atom stereocenters. The highest BCUT2D eigenvalue weighted by Gasteiger charge is 2.24. The normalized spacial score (nSPS) is 18.3. The Kier molecular flexibility index (Phi) is 4.23. The molecule has 2 N–H and O–H groups in total. The first-order chi connectivity index (χ1) is 11.0. The van der Waals surface area contributed by atoms with E-state index in [9.17, 15) is 14.0 Å². The largest absolute Gasteiger partial charge is 0.354 e. The number of fused-ring (bicyclic) bond motifs is 1. The minimum Gasteiger partial charge on any atom is -0.354 e. The first kappa shape index (κ1) is 15.4. The fraction of sp³-hybridized carbons (Fsp3) is 0.353. The second-order valence-electron chi connectivity index (χ2n) is 5.79. The van der Waals surface area contributed by atoms with Crippen LogP contribution < -0.4 is 10.6 Å². The molecule has 1 aromatic carbocycles. The van der Waals surface area contributed by atoms with Gasteiger partial charge in [0.2, 0.25) is 5.91 Å². The van der Waals surface area contributed by atoms with Gasteiger partial charge in [0, 0.05) is 23.7 Å². The fourth-order valence-corrected chi connectivity index (χ4v) is 2.83. The van der Waals surface area contributed by atoms with Crippen LogP contribution >= 0.6 is 0 Å². The van der Waals surface area contributed by atoms with Crippen LogP contribution in [0.4, 0.5) is 4.39 Å². The molecule has 0 bridgehead atoms. The van der Waals surface area contributed by atoms with Crippen LogP contribution in [-0.4, -0.2) is 29.4 Å². The van der Waals surface area contributed by atoms with Crippen molar-refractivity contribution >= 4 is 22.7 Å². The smallest absolute Gasteiger partial charge is 0.252 e. The highest BCUT2D eigenvalue weighted by molar-refractivity contribution is 6.07. The maximum Gasteiger partial charge on any atom is 0.252 e. The number of benzene rings is 1. The van der Waals surface area contributed by atoms with Gasteiger partial charge in [-0.05, 0) is 44.4 Å². The van der Waals surface area contributed by atoms with Gasteiger partial charge < -0.3 is 10.6 Å². The third kappa shape index (κ3) is 3.31. The Morgan fingerprint density at radius 1 is 1.35 bits per heavy atom.